The number of amides is 2. The van der Waals surface area contributed by atoms with Crippen LogP contribution in [0.25, 0.3) is 10.8 Å². The first kappa shape index (κ1) is 29.9. The lowest BCUT2D eigenvalue weighted by atomic mass is 10.0. The fourth-order valence-corrected chi connectivity index (χ4v) is 5.08. The number of aromatic nitrogens is 1. The first-order valence-electron chi connectivity index (χ1n) is 14.2. The number of nitrogens with one attached hydrogen (secondary N) is 2. The number of carbonyl (C=O) groups is 2. The Kier molecular flexibility index (Phi) is 9.25. The molecular formula is C35H32N4O5. The van der Waals surface area contributed by atoms with E-state index < -0.39 is 11.9 Å². The van der Waals surface area contributed by atoms with E-state index >= 15 is 0 Å². The van der Waals surface area contributed by atoms with Crippen LogP contribution in [0.5, 0.6) is 5.75 Å². The largest absolute Gasteiger partial charge is 0.497 e. The second-order valence-electron chi connectivity index (χ2n) is 10.5. The summed E-state index contributed by atoms with van der Waals surface area (Å²) >= 11 is 0. The molecule has 5 aromatic rings. The summed E-state index contributed by atoms with van der Waals surface area (Å²) in [5.41, 5.74) is 3.06. The summed E-state index contributed by atoms with van der Waals surface area (Å²) < 4.78 is 6.73. The third kappa shape index (κ3) is 7.07. The van der Waals surface area contributed by atoms with Crippen LogP contribution in [0.3, 0.4) is 0 Å². The number of ether oxygens (including phenoxy) is 1. The maximum absolute atomic E-state index is 13.7. The molecule has 0 spiro atoms. The van der Waals surface area contributed by atoms with Crippen molar-refractivity contribution in [3.63, 3.8) is 0 Å². The lowest BCUT2D eigenvalue weighted by Gasteiger charge is -2.20. The Morgan fingerprint density at radius 3 is 2.32 bits per heavy atom. The standard InChI is InChI=1S/C35H32N4O5/c1-23-18-19-39(22-25-12-16-29(44-2)17-13-25)35(42)33(23)37-34(41)31(20-24-10-14-28(38-43)15-11-24)36-32(40)21-27-8-5-7-26-6-3-4-9-30(26)27/h3-19,31H,20-22H2,1-2H3,(H,36,40)(H,37,41)/t31-/m0/s1. The second-order valence-corrected chi connectivity index (χ2v) is 10.5. The van der Waals surface area contributed by atoms with E-state index in [1.54, 1.807) is 50.6 Å². The van der Waals surface area contributed by atoms with Gasteiger partial charge in [0.25, 0.3) is 5.56 Å². The van der Waals surface area contributed by atoms with Gasteiger partial charge in [0, 0.05) is 12.6 Å². The molecule has 5 rings (SSSR count). The van der Waals surface area contributed by atoms with Crippen LogP contribution in [0, 0.1) is 11.8 Å². The van der Waals surface area contributed by atoms with E-state index in [-0.39, 0.29) is 35.7 Å². The van der Waals surface area contributed by atoms with E-state index in [1.165, 1.54) is 4.57 Å². The predicted molar refractivity (Wildman–Crippen MR) is 171 cm³/mol. The van der Waals surface area contributed by atoms with Crippen molar-refractivity contribution in [3.05, 3.63) is 141 Å². The molecule has 222 valence electrons. The highest BCUT2D eigenvalue weighted by Gasteiger charge is 2.24. The SMILES string of the molecule is COc1ccc(Cn2ccc(C)c(NC(=O)[C@H](Cc3ccc(N=O)cc3)NC(=O)Cc3cccc4ccccc34)c2=O)cc1. The molecule has 1 heterocycles. The van der Waals surface area contributed by atoms with Crippen molar-refractivity contribution in [2.45, 2.75) is 32.4 Å². The first-order chi connectivity index (χ1) is 21.3. The number of nitrogens with zero attached hydrogens (tertiary/aromatic N) is 2. The third-order valence-corrected chi connectivity index (χ3v) is 7.50. The molecule has 1 aromatic heterocycles. The third-order valence-electron chi connectivity index (χ3n) is 7.50. The van der Waals surface area contributed by atoms with Gasteiger partial charge in [-0.25, -0.2) is 0 Å². The lowest BCUT2D eigenvalue weighted by molar-refractivity contribution is -0.126. The number of nitroso groups, excluding NO2 is 1. The average molecular weight is 589 g/mol. The van der Waals surface area contributed by atoms with Gasteiger partial charge in [0.2, 0.25) is 11.8 Å². The zero-order valence-electron chi connectivity index (χ0n) is 24.4. The molecule has 0 radical (unpaired) electrons. The van der Waals surface area contributed by atoms with E-state index in [0.29, 0.717) is 23.4 Å². The molecule has 9 nitrogen and oxygen atoms in total. The summed E-state index contributed by atoms with van der Waals surface area (Å²) in [5.74, 6) is -0.158. The Bertz CT molecular complexity index is 1860. The van der Waals surface area contributed by atoms with Gasteiger partial charge in [0.15, 0.2) is 0 Å². The highest BCUT2D eigenvalue weighted by atomic mass is 16.5. The Morgan fingerprint density at radius 1 is 0.886 bits per heavy atom. The Labute approximate surface area is 254 Å². The van der Waals surface area contributed by atoms with Crippen molar-refractivity contribution in [2.75, 3.05) is 12.4 Å². The van der Waals surface area contributed by atoms with Gasteiger partial charge >= 0.3 is 0 Å². The van der Waals surface area contributed by atoms with Crippen LogP contribution in [0.2, 0.25) is 0 Å². The molecule has 0 aliphatic heterocycles. The number of carbonyl (C=O) groups excluding carboxylic acids is 2. The molecule has 2 N–H and O–H groups in total. The van der Waals surface area contributed by atoms with Crippen molar-refractivity contribution in [1.29, 1.82) is 0 Å². The van der Waals surface area contributed by atoms with Crippen molar-refractivity contribution in [2.24, 2.45) is 5.18 Å². The number of hydrogen-bond donors (Lipinski definition) is 2. The Morgan fingerprint density at radius 2 is 1.59 bits per heavy atom. The van der Waals surface area contributed by atoms with Crippen molar-refractivity contribution in [1.82, 2.24) is 9.88 Å². The molecule has 44 heavy (non-hydrogen) atoms. The van der Waals surface area contributed by atoms with E-state index in [2.05, 4.69) is 15.8 Å². The highest BCUT2D eigenvalue weighted by Crippen LogP contribution is 2.20. The van der Waals surface area contributed by atoms with Gasteiger partial charge < -0.3 is 19.9 Å². The number of anilines is 1. The molecule has 0 saturated heterocycles. The summed E-state index contributed by atoms with van der Waals surface area (Å²) in [6.45, 7) is 2.04. The van der Waals surface area contributed by atoms with Crippen molar-refractivity contribution >= 4 is 34.0 Å². The van der Waals surface area contributed by atoms with Crippen LogP contribution < -0.4 is 20.9 Å². The number of aryl methyl sites for hydroxylation is 1. The van der Waals surface area contributed by atoms with Gasteiger partial charge in [0.1, 0.15) is 23.2 Å². The highest BCUT2D eigenvalue weighted by molar-refractivity contribution is 5.98. The van der Waals surface area contributed by atoms with Crippen LogP contribution in [0.1, 0.15) is 22.3 Å². The smallest absolute Gasteiger partial charge is 0.274 e. The van der Waals surface area contributed by atoms with Gasteiger partial charge in [-0.1, -0.05) is 66.7 Å². The van der Waals surface area contributed by atoms with Crippen LogP contribution in [0.15, 0.2) is 113 Å². The fraction of sp³-hybridized carbons (Fsp3) is 0.171. The molecule has 0 aliphatic carbocycles. The number of benzene rings is 4. The molecular weight excluding hydrogens is 556 g/mol. The van der Waals surface area contributed by atoms with E-state index in [9.17, 15) is 19.3 Å². The minimum absolute atomic E-state index is 0.0676. The summed E-state index contributed by atoms with van der Waals surface area (Å²) in [7, 11) is 1.59. The van der Waals surface area contributed by atoms with Crippen LogP contribution in [0.4, 0.5) is 11.4 Å². The monoisotopic (exact) mass is 588 g/mol. The topological polar surface area (TPSA) is 119 Å². The van der Waals surface area contributed by atoms with E-state index in [1.807, 2.05) is 66.7 Å². The molecule has 4 aromatic carbocycles. The van der Waals surface area contributed by atoms with Gasteiger partial charge in [-0.2, -0.15) is 0 Å². The van der Waals surface area contributed by atoms with Crippen LogP contribution in [-0.2, 0) is 29.0 Å². The Balaban J connectivity index is 1.38. The Hall–Kier alpha value is -5.57. The number of rotatable bonds is 11. The van der Waals surface area contributed by atoms with Gasteiger partial charge in [-0.3, -0.25) is 14.4 Å². The molecule has 0 saturated carbocycles. The molecule has 0 unspecified atom stereocenters. The maximum Gasteiger partial charge on any atom is 0.274 e. The molecule has 0 aliphatic rings. The van der Waals surface area contributed by atoms with Gasteiger partial charge in [-0.15, -0.1) is 4.91 Å². The molecule has 0 fully saturated rings. The first-order valence-corrected chi connectivity index (χ1v) is 14.2. The summed E-state index contributed by atoms with van der Waals surface area (Å²) in [6.07, 6.45) is 1.89. The lowest BCUT2D eigenvalue weighted by Crippen LogP contribution is -2.46. The van der Waals surface area contributed by atoms with Gasteiger partial charge in [0.05, 0.1) is 20.1 Å². The van der Waals surface area contributed by atoms with Gasteiger partial charge in [-0.05, 0) is 75.5 Å². The zero-order chi connectivity index (χ0) is 31.1. The molecule has 0 bridgehead atoms. The van der Waals surface area contributed by atoms with Crippen molar-refractivity contribution < 1.29 is 14.3 Å². The number of fused-ring (bicyclic) bond motifs is 1. The number of hydrogen-bond acceptors (Lipinski definition) is 6. The van der Waals surface area contributed by atoms with E-state index in [4.69, 9.17) is 4.74 Å². The summed E-state index contributed by atoms with van der Waals surface area (Å²) in [4.78, 5) is 51.4. The molecule has 2 amide bonds. The van der Waals surface area contributed by atoms with Crippen LogP contribution in [-0.4, -0.2) is 29.5 Å². The molecule has 9 heteroatoms. The van der Waals surface area contributed by atoms with Crippen molar-refractivity contribution in [3.8, 4) is 5.75 Å². The minimum atomic E-state index is -0.999. The predicted octanol–water partition coefficient (Wildman–Crippen LogP) is 5.67. The zero-order valence-corrected chi connectivity index (χ0v) is 24.4. The minimum Gasteiger partial charge on any atom is -0.497 e. The number of methoxy groups -OCH3 is 1. The summed E-state index contributed by atoms with van der Waals surface area (Å²) in [5, 5.41) is 10.6. The van der Waals surface area contributed by atoms with Crippen LogP contribution >= 0.6 is 0 Å². The second kappa shape index (κ2) is 13.6. The van der Waals surface area contributed by atoms with E-state index in [0.717, 1.165) is 21.9 Å². The number of pyridine rings is 1. The fourth-order valence-electron chi connectivity index (χ4n) is 5.08. The average Bonchev–Trinajstić information content (AvgIpc) is 3.05. The quantitative estimate of drug-likeness (QED) is 0.193. The molecule has 1 atom stereocenters. The summed E-state index contributed by atoms with van der Waals surface area (Å²) in [6, 6.07) is 28.2. The maximum atomic E-state index is 13.7. The normalized spacial score (nSPS) is 11.5.